The van der Waals surface area contributed by atoms with E-state index in [1.165, 1.54) is 19.2 Å². The van der Waals surface area contributed by atoms with Crippen molar-refractivity contribution in [3.63, 3.8) is 0 Å². The molecule has 2 N–H and O–H groups in total. The predicted octanol–water partition coefficient (Wildman–Crippen LogP) is 1.58. The molecule has 1 aliphatic carbocycles. The molecule has 0 heterocycles. The maximum atomic E-state index is 14.4. The minimum absolute atomic E-state index is 0.0154. The van der Waals surface area contributed by atoms with E-state index in [2.05, 4.69) is 0 Å². The highest BCUT2D eigenvalue weighted by atomic mass is 32.2. The van der Waals surface area contributed by atoms with Crippen LogP contribution in [0.25, 0.3) is 0 Å². The lowest BCUT2D eigenvalue weighted by Crippen LogP contribution is -2.44. The molecule has 0 aromatic heterocycles. The van der Waals surface area contributed by atoms with Crippen molar-refractivity contribution >= 4 is 9.84 Å². The van der Waals surface area contributed by atoms with Gasteiger partial charge in [0.25, 0.3) is 0 Å². The lowest BCUT2D eigenvalue weighted by atomic mass is 9.72. The summed E-state index contributed by atoms with van der Waals surface area (Å²) in [7, 11) is -2.39. The van der Waals surface area contributed by atoms with Crippen LogP contribution in [-0.2, 0) is 15.4 Å². The zero-order chi connectivity index (χ0) is 13.6. The quantitative estimate of drug-likeness (QED) is 0.907. The maximum Gasteiger partial charge on any atom is 0.182 e. The maximum absolute atomic E-state index is 14.4. The van der Waals surface area contributed by atoms with E-state index in [9.17, 15) is 12.8 Å². The van der Waals surface area contributed by atoms with Crippen LogP contribution in [0.1, 0.15) is 24.8 Å². The fourth-order valence-corrected chi connectivity index (χ4v) is 3.21. The van der Waals surface area contributed by atoms with Gasteiger partial charge in [-0.05, 0) is 25.3 Å². The molecule has 1 aromatic rings. The summed E-state index contributed by atoms with van der Waals surface area (Å²) in [5, 5.41) is 0. The Morgan fingerprint density at radius 2 is 2.00 bits per heavy atom. The van der Waals surface area contributed by atoms with E-state index in [4.69, 9.17) is 10.5 Å². The number of halogens is 1. The first kappa shape index (κ1) is 13.3. The number of rotatable bonds is 3. The van der Waals surface area contributed by atoms with Crippen molar-refractivity contribution in [2.75, 3.05) is 13.4 Å². The number of sulfone groups is 1. The number of hydrogen-bond donors (Lipinski definition) is 1. The minimum Gasteiger partial charge on any atom is -0.495 e. The highest BCUT2D eigenvalue weighted by Gasteiger charge is 2.38. The smallest absolute Gasteiger partial charge is 0.182 e. The first-order chi connectivity index (χ1) is 8.29. The largest absolute Gasteiger partial charge is 0.495 e. The van der Waals surface area contributed by atoms with Crippen molar-refractivity contribution in [1.82, 2.24) is 0 Å². The van der Waals surface area contributed by atoms with Crippen LogP contribution in [0.15, 0.2) is 17.0 Å². The van der Waals surface area contributed by atoms with Crippen molar-refractivity contribution < 1.29 is 17.5 Å². The summed E-state index contributed by atoms with van der Waals surface area (Å²) >= 11 is 0. The SMILES string of the molecule is COc1ccc(C2(N)CCC2)c(F)c1S(C)(=O)=O. The topological polar surface area (TPSA) is 69.4 Å². The Balaban J connectivity index is 2.67. The van der Waals surface area contributed by atoms with Crippen LogP contribution in [0.4, 0.5) is 4.39 Å². The molecule has 6 heteroatoms. The first-order valence-electron chi connectivity index (χ1n) is 5.65. The van der Waals surface area contributed by atoms with Gasteiger partial charge in [-0.2, -0.15) is 0 Å². The Labute approximate surface area is 106 Å². The van der Waals surface area contributed by atoms with Gasteiger partial charge in [-0.1, -0.05) is 6.07 Å². The second-order valence-corrected chi connectivity index (χ2v) is 6.69. The second kappa shape index (κ2) is 4.20. The van der Waals surface area contributed by atoms with Gasteiger partial charge in [-0.3, -0.25) is 0 Å². The van der Waals surface area contributed by atoms with Gasteiger partial charge in [0.2, 0.25) is 0 Å². The molecule has 4 nitrogen and oxygen atoms in total. The Bertz CT molecular complexity index is 579. The van der Waals surface area contributed by atoms with Gasteiger partial charge in [0.1, 0.15) is 10.6 Å². The van der Waals surface area contributed by atoms with Crippen molar-refractivity contribution in [2.45, 2.75) is 29.7 Å². The molecule has 1 saturated carbocycles. The number of hydrogen-bond acceptors (Lipinski definition) is 4. The number of methoxy groups -OCH3 is 1. The van der Waals surface area contributed by atoms with E-state index in [-0.39, 0.29) is 11.3 Å². The van der Waals surface area contributed by atoms with Crippen molar-refractivity contribution in [2.24, 2.45) is 5.73 Å². The van der Waals surface area contributed by atoms with Crippen LogP contribution in [-0.4, -0.2) is 21.8 Å². The van der Waals surface area contributed by atoms with Gasteiger partial charge in [-0.25, -0.2) is 12.8 Å². The molecule has 1 fully saturated rings. The fourth-order valence-electron chi connectivity index (χ4n) is 2.26. The lowest BCUT2D eigenvalue weighted by molar-refractivity contribution is 0.242. The van der Waals surface area contributed by atoms with Gasteiger partial charge >= 0.3 is 0 Å². The zero-order valence-corrected chi connectivity index (χ0v) is 11.2. The van der Waals surface area contributed by atoms with Crippen molar-refractivity contribution in [3.8, 4) is 5.75 Å². The highest BCUT2D eigenvalue weighted by Crippen LogP contribution is 2.42. The normalized spacial score (nSPS) is 18.2. The molecule has 18 heavy (non-hydrogen) atoms. The Hall–Kier alpha value is -1.14. The summed E-state index contributed by atoms with van der Waals surface area (Å²) in [4.78, 5) is -0.403. The molecule has 0 radical (unpaired) electrons. The molecule has 2 rings (SSSR count). The van der Waals surface area contributed by atoms with Gasteiger partial charge in [0, 0.05) is 17.4 Å². The summed E-state index contributed by atoms with van der Waals surface area (Å²) in [6.45, 7) is 0. The van der Waals surface area contributed by atoms with Gasteiger partial charge in [0.05, 0.1) is 7.11 Å². The third-order valence-corrected chi connectivity index (χ3v) is 4.56. The standard InChI is InChI=1S/C12H16FNO3S/c1-17-9-5-4-8(12(14)6-3-7-12)10(13)11(9)18(2,15)16/h4-5H,3,6-7,14H2,1-2H3. The van der Waals surface area contributed by atoms with Crippen LogP contribution in [0, 0.1) is 5.82 Å². The molecule has 0 aliphatic heterocycles. The summed E-state index contributed by atoms with van der Waals surface area (Å²) < 4.78 is 42.6. The number of ether oxygens (including phenoxy) is 1. The van der Waals surface area contributed by atoms with E-state index in [1.54, 1.807) is 0 Å². The van der Waals surface area contributed by atoms with Crippen LogP contribution in [0.2, 0.25) is 0 Å². The van der Waals surface area contributed by atoms with Gasteiger partial charge in [-0.15, -0.1) is 0 Å². The monoisotopic (exact) mass is 273 g/mol. The zero-order valence-electron chi connectivity index (χ0n) is 10.4. The molecule has 1 aromatic carbocycles. The lowest BCUT2D eigenvalue weighted by Gasteiger charge is -2.39. The number of nitrogens with two attached hydrogens (primary N) is 1. The van der Waals surface area contributed by atoms with Crippen LogP contribution < -0.4 is 10.5 Å². The summed E-state index contributed by atoms with van der Waals surface area (Å²) in [6.07, 6.45) is 3.22. The predicted molar refractivity (Wildman–Crippen MR) is 65.8 cm³/mol. The molecule has 0 bridgehead atoms. The fraction of sp³-hybridized carbons (Fsp3) is 0.500. The van der Waals surface area contributed by atoms with E-state index in [0.29, 0.717) is 12.8 Å². The number of benzene rings is 1. The molecule has 0 unspecified atom stereocenters. The third kappa shape index (κ3) is 1.99. The Morgan fingerprint density at radius 3 is 2.39 bits per heavy atom. The minimum atomic E-state index is -3.70. The molecule has 0 spiro atoms. The van der Waals surface area contributed by atoms with Crippen molar-refractivity contribution in [1.29, 1.82) is 0 Å². The molecule has 100 valence electrons. The van der Waals surface area contributed by atoms with Crippen LogP contribution in [0.3, 0.4) is 0 Å². The van der Waals surface area contributed by atoms with E-state index < -0.39 is 26.1 Å². The highest BCUT2D eigenvalue weighted by molar-refractivity contribution is 7.90. The Kier molecular flexibility index (Phi) is 3.11. The van der Waals surface area contributed by atoms with E-state index in [1.807, 2.05) is 0 Å². The average Bonchev–Trinajstić information content (AvgIpc) is 2.23. The van der Waals surface area contributed by atoms with E-state index >= 15 is 0 Å². The van der Waals surface area contributed by atoms with Crippen molar-refractivity contribution in [3.05, 3.63) is 23.5 Å². The molecular weight excluding hydrogens is 257 g/mol. The first-order valence-corrected chi connectivity index (χ1v) is 7.54. The summed E-state index contributed by atoms with van der Waals surface area (Å²) in [6, 6.07) is 2.98. The molecular formula is C12H16FNO3S. The molecule has 0 saturated heterocycles. The Morgan fingerprint density at radius 1 is 1.39 bits per heavy atom. The third-order valence-electron chi connectivity index (χ3n) is 3.43. The van der Waals surface area contributed by atoms with Crippen LogP contribution >= 0.6 is 0 Å². The van der Waals surface area contributed by atoms with Crippen LogP contribution in [0.5, 0.6) is 5.75 Å². The van der Waals surface area contributed by atoms with Gasteiger partial charge < -0.3 is 10.5 Å². The second-order valence-electron chi connectivity index (χ2n) is 4.74. The average molecular weight is 273 g/mol. The molecule has 1 aliphatic rings. The van der Waals surface area contributed by atoms with Gasteiger partial charge in [0.15, 0.2) is 15.7 Å². The summed E-state index contributed by atoms with van der Waals surface area (Å²) in [5.41, 5.74) is 5.57. The molecule has 0 amide bonds. The summed E-state index contributed by atoms with van der Waals surface area (Å²) in [5.74, 6) is -0.763. The van der Waals surface area contributed by atoms with E-state index in [0.717, 1.165) is 12.7 Å². The molecule has 0 atom stereocenters.